The summed E-state index contributed by atoms with van der Waals surface area (Å²) in [6, 6.07) is 20.2. The smallest absolute Gasteiger partial charge is 0.255 e. The van der Waals surface area contributed by atoms with E-state index in [1.807, 2.05) is 24.3 Å². The van der Waals surface area contributed by atoms with Crippen LogP contribution in [0, 0.1) is 0 Å². The average molecular weight is 437 g/mol. The minimum atomic E-state index is -3.72. The summed E-state index contributed by atoms with van der Waals surface area (Å²) in [5.74, 6) is -0.356. The molecule has 7 heteroatoms. The van der Waals surface area contributed by atoms with E-state index in [4.69, 9.17) is 0 Å². The number of sulfonamides is 1. The molecule has 0 fully saturated rings. The molecule has 0 aliphatic heterocycles. The lowest BCUT2D eigenvalue weighted by molar-refractivity contribution is 0.101. The summed E-state index contributed by atoms with van der Waals surface area (Å²) in [4.78, 5) is 23.9. The van der Waals surface area contributed by atoms with Crippen molar-refractivity contribution in [2.24, 2.45) is 0 Å². The molecule has 0 aliphatic rings. The number of ketones is 1. The molecule has 0 saturated heterocycles. The maximum atomic E-state index is 12.5. The fraction of sp³-hybridized carbons (Fsp3) is 0.167. The third-order valence-corrected chi connectivity index (χ3v) is 6.26. The number of carbonyl (C=O) groups is 2. The Hall–Kier alpha value is -3.29. The summed E-state index contributed by atoms with van der Waals surface area (Å²) in [7, 11) is -3.72. The van der Waals surface area contributed by atoms with E-state index in [2.05, 4.69) is 17.0 Å². The van der Waals surface area contributed by atoms with Gasteiger partial charge >= 0.3 is 0 Å². The summed E-state index contributed by atoms with van der Waals surface area (Å²) in [5.41, 5.74) is 3.52. The SMILES string of the molecule is CCc1cccc(NC(=O)c2ccc(CNS(=O)(=O)c3ccc(C(C)=O)cc3)cc2)c1. The van der Waals surface area contributed by atoms with Crippen molar-refractivity contribution in [1.82, 2.24) is 4.72 Å². The highest BCUT2D eigenvalue weighted by atomic mass is 32.2. The highest BCUT2D eigenvalue weighted by molar-refractivity contribution is 7.89. The van der Waals surface area contributed by atoms with Crippen LogP contribution in [0.3, 0.4) is 0 Å². The molecule has 0 spiro atoms. The fourth-order valence-corrected chi connectivity index (χ4v) is 3.99. The van der Waals surface area contributed by atoms with Crippen LogP contribution >= 0.6 is 0 Å². The second-order valence-electron chi connectivity index (χ2n) is 7.11. The first-order chi connectivity index (χ1) is 14.8. The lowest BCUT2D eigenvalue weighted by Gasteiger charge is -2.09. The predicted octanol–water partition coefficient (Wildman–Crippen LogP) is 4.18. The van der Waals surface area contributed by atoms with Crippen molar-refractivity contribution in [2.45, 2.75) is 31.7 Å². The molecular formula is C24H24N2O4S. The zero-order valence-corrected chi connectivity index (χ0v) is 18.2. The van der Waals surface area contributed by atoms with Crippen LogP contribution in [0.4, 0.5) is 5.69 Å². The van der Waals surface area contributed by atoms with Gasteiger partial charge in [0.25, 0.3) is 5.91 Å². The summed E-state index contributed by atoms with van der Waals surface area (Å²) < 4.78 is 27.4. The first kappa shape index (κ1) is 22.4. The lowest BCUT2D eigenvalue weighted by Crippen LogP contribution is -2.23. The third-order valence-electron chi connectivity index (χ3n) is 4.85. The van der Waals surface area contributed by atoms with E-state index in [9.17, 15) is 18.0 Å². The van der Waals surface area contributed by atoms with E-state index in [1.54, 1.807) is 24.3 Å². The molecule has 0 atom stereocenters. The zero-order valence-electron chi connectivity index (χ0n) is 17.4. The highest BCUT2D eigenvalue weighted by Crippen LogP contribution is 2.15. The Balaban J connectivity index is 1.62. The van der Waals surface area contributed by atoms with Crippen LogP contribution in [-0.2, 0) is 23.0 Å². The van der Waals surface area contributed by atoms with Gasteiger partial charge in [0.15, 0.2) is 5.78 Å². The maximum absolute atomic E-state index is 12.5. The normalized spacial score (nSPS) is 11.2. The van der Waals surface area contributed by atoms with Gasteiger partial charge in [0, 0.05) is 23.4 Å². The van der Waals surface area contributed by atoms with Gasteiger partial charge in [-0.15, -0.1) is 0 Å². The van der Waals surface area contributed by atoms with Crippen LogP contribution in [0.25, 0.3) is 0 Å². The number of benzene rings is 3. The molecule has 0 saturated carbocycles. The van der Waals surface area contributed by atoms with Crippen LogP contribution < -0.4 is 10.0 Å². The van der Waals surface area contributed by atoms with Crippen molar-refractivity contribution in [2.75, 3.05) is 5.32 Å². The molecule has 0 bridgehead atoms. The number of amides is 1. The second kappa shape index (κ2) is 9.68. The maximum Gasteiger partial charge on any atom is 0.255 e. The molecule has 3 rings (SSSR count). The molecule has 0 unspecified atom stereocenters. The van der Waals surface area contributed by atoms with E-state index < -0.39 is 10.0 Å². The molecule has 31 heavy (non-hydrogen) atoms. The molecule has 2 N–H and O–H groups in total. The number of nitrogens with one attached hydrogen (secondary N) is 2. The Morgan fingerprint density at radius 2 is 1.48 bits per heavy atom. The zero-order chi connectivity index (χ0) is 22.4. The monoisotopic (exact) mass is 436 g/mol. The molecule has 0 aliphatic carbocycles. The van der Waals surface area contributed by atoms with Crippen LogP contribution in [0.1, 0.15) is 45.7 Å². The van der Waals surface area contributed by atoms with Gasteiger partial charge < -0.3 is 5.32 Å². The lowest BCUT2D eigenvalue weighted by atomic mass is 10.1. The van der Waals surface area contributed by atoms with Gasteiger partial charge in [0.05, 0.1) is 4.90 Å². The predicted molar refractivity (Wildman–Crippen MR) is 121 cm³/mol. The minimum absolute atomic E-state index is 0.0806. The van der Waals surface area contributed by atoms with Gasteiger partial charge in [-0.1, -0.05) is 43.3 Å². The summed E-state index contributed by atoms with van der Waals surface area (Å²) in [6.45, 7) is 3.56. The van der Waals surface area contributed by atoms with Crippen molar-refractivity contribution in [1.29, 1.82) is 0 Å². The molecule has 0 radical (unpaired) electrons. The van der Waals surface area contributed by atoms with E-state index >= 15 is 0 Å². The fourth-order valence-electron chi connectivity index (χ4n) is 2.98. The van der Waals surface area contributed by atoms with Gasteiger partial charge in [0.2, 0.25) is 10.0 Å². The Morgan fingerprint density at radius 3 is 2.10 bits per heavy atom. The van der Waals surface area contributed by atoms with E-state index in [0.717, 1.165) is 17.7 Å². The molecule has 160 valence electrons. The molecule has 3 aromatic carbocycles. The van der Waals surface area contributed by atoms with Crippen LogP contribution in [0.2, 0.25) is 0 Å². The van der Waals surface area contributed by atoms with Gasteiger partial charge in [-0.2, -0.15) is 0 Å². The topological polar surface area (TPSA) is 92.3 Å². The van der Waals surface area contributed by atoms with Crippen LogP contribution in [-0.4, -0.2) is 20.1 Å². The average Bonchev–Trinajstić information content (AvgIpc) is 2.78. The van der Waals surface area contributed by atoms with Gasteiger partial charge in [0.1, 0.15) is 0 Å². The summed E-state index contributed by atoms with van der Waals surface area (Å²) >= 11 is 0. The molecule has 0 aromatic heterocycles. The number of Topliss-reactive ketones (excluding diaryl/α,β-unsaturated/α-hetero) is 1. The van der Waals surface area contributed by atoms with E-state index in [-0.39, 0.29) is 23.1 Å². The first-order valence-corrected chi connectivity index (χ1v) is 11.4. The Kier molecular flexibility index (Phi) is 6.99. The van der Waals surface area contributed by atoms with Gasteiger partial charge in [-0.25, -0.2) is 13.1 Å². The second-order valence-corrected chi connectivity index (χ2v) is 8.88. The summed E-state index contributed by atoms with van der Waals surface area (Å²) in [6.07, 6.45) is 0.884. The van der Waals surface area contributed by atoms with Crippen molar-refractivity contribution in [3.8, 4) is 0 Å². The Morgan fingerprint density at radius 1 is 0.839 bits per heavy atom. The standard InChI is InChI=1S/C24H24N2O4S/c1-3-18-5-4-6-22(15-18)26-24(28)21-9-7-19(8-10-21)16-25-31(29,30)23-13-11-20(12-14-23)17(2)27/h4-15,25H,3,16H2,1-2H3,(H,26,28). The quantitative estimate of drug-likeness (QED) is 0.518. The molecule has 3 aromatic rings. The molecule has 0 heterocycles. The van der Waals surface area contributed by atoms with E-state index in [0.29, 0.717) is 16.7 Å². The minimum Gasteiger partial charge on any atom is -0.322 e. The number of rotatable bonds is 8. The number of carbonyl (C=O) groups excluding carboxylic acids is 2. The van der Waals surface area contributed by atoms with Crippen molar-refractivity contribution in [3.05, 3.63) is 95.1 Å². The number of hydrogen-bond acceptors (Lipinski definition) is 4. The molecular weight excluding hydrogens is 412 g/mol. The largest absolute Gasteiger partial charge is 0.322 e. The van der Waals surface area contributed by atoms with E-state index in [1.165, 1.54) is 31.2 Å². The molecule has 1 amide bonds. The first-order valence-electron chi connectivity index (χ1n) is 9.88. The summed E-state index contributed by atoms with van der Waals surface area (Å²) in [5, 5.41) is 2.87. The van der Waals surface area contributed by atoms with Crippen LogP contribution in [0.15, 0.2) is 77.7 Å². The van der Waals surface area contributed by atoms with Crippen molar-refractivity contribution < 1.29 is 18.0 Å². The van der Waals surface area contributed by atoms with Crippen molar-refractivity contribution in [3.63, 3.8) is 0 Å². The Labute approximate surface area is 182 Å². The van der Waals surface area contributed by atoms with Gasteiger partial charge in [-0.05, 0) is 60.9 Å². The van der Waals surface area contributed by atoms with Crippen molar-refractivity contribution >= 4 is 27.4 Å². The highest BCUT2D eigenvalue weighted by Gasteiger charge is 2.14. The number of hydrogen-bond donors (Lipinski definition) is 2. The Bertz CT molecular complexity index is 1190. The van der Waals surface area contributed by atoms with Gasteiger partial charge in [-0.3, -0.25) is 9.59 Å². The number of aryl methyl sites for hydroxylation is 1. The number of anilines is 1. The van der Waals surface area contributed by atoms with Crippen LogP contribution in [0.5, 0.6) is 0 Å². The molecule has 6 nitrogen and oxygen atoms in total. The third kappa shape index (κ3) is 5.87.